The second-order valence-electron chi connectivity index (χ2n) is 9.33. The van der Waals surface area contributed by atoms with Gasteiger partial charge >= 0.3 is 0 Å². The van der Waals surface area contributed by atoms with Crippen molar-refractivity contribution in [3.63, 3.8) is 0 Å². The van der Waals surface area contributed by atoms with Gasteiger partial charge in [0.15, 0.2) is 0 Å². The Bertz CT molecular complexity index is 650. The van der Waals surface area contributed by atoms with E-state index in [0.717, 1.165) is 23.3 Å². The van der Waals surface area contributed by atoms with Crippen LogP contribution in [0.1, 0.15) is 57.4 Å². The van der Waals surface area contributed by atoms with E-state index in [9.17, 15) is 9.59 Å². The van der Waals surface area contributed by atoms with Crippen LogP contribution >= 0.6 is 0 Å². The summed E-state index contributed by atoms with van der Waals surface area (Å²) in [5.41, 5.74) is 1.33. The second-order valence-corrected chi connectivity index (χ2v) is 9.33. The summed E-state index contributed by atoms with van der Waals surface area (Å²) >= 11 is 0. The monoisotopic (exact) mass is 368 g/mol. The Labute approximate surface area is 162 Å². The van der Waals surface area contributed by atoms with Gasteiger partial charge in [0.05, 0.1) is 6.42 Å². The van der Waals surface area contributed by atoms with Gasteiger partial charge in [0.25, 0.3) is 0 Å². The number of nitrogens with one attached hydrogen (secondary N) is 2. The molecule has 0 saturated heterocycles. The van der Waals surface area contributed by atoms with Gasteiger partial charge in [-0.1, -0.05) is 30.3 Å². The molecular weight excluding hydrogens is 336 g/mol. The first kappa shape index (κ1) is 18.5. The Morgan fingerprint density at radius 1 is 1.00 bits per heavy atom. The number of rotatable bonds is 7. The fourth-order valence-corrected chi connectivity index (χ4v) is 6.33. The zero-order valence-corrected chi connectivity index (χ0v) is 16.4. The number of carbonyl (C=O) groups is 2. The molecule has 2 N–H and O–H groups in total. The van der Waals surface area contributed by atoms with Crippen LogP contribution in [0.2, 0.25) is 0 Å². The number of amides is 2. The minimum absolute atomic E-state index is 0.0249. The molecule has 2 amide bonds. The first-order valence-corrected chi connectivity index (χ1v) is 10.6. The van der Waals surface area contributed by atoms with Gasteiger partial charge in [0, 0.05) is 19.0 Å². The van der Waals surface area contributed by atoms with Gasteiger partial charge in [-0.3, -0.25) is 9.59 Å². The molecule has 0 aliphatic heterocycles. The van der Waals surface area contributed by atoms with E-state index in [4.69, 9.17) is 0 Å². The van der Waals surface area contributed by atoms with E-state index >= 15 is 0 Å². The molecule has 4 bridgehead atoms. The summed E-state index contributed by atoms with van der Waals surface area (Å²) in [5, 5.41) is 6.14. The van der Waals surface area contributed by atoms with Gasteiger partial charge in [-0.2, -0.15) is 0 Å². The molecule has 0 unspecified atom stereocenters. The number of hydrogen-bond donors (Lipinski definition) is 2. The van der Waals surface area contributed by atoms with Crippen molar-refractivity contribution in [2.24, 2.45) is 23.2 Å². The molecule has 1 aromatic carbocycles. The lowest BCUT2D eigenvalue weighted by molar-refractivity contribution is -0.126. The average molecular weight is 369 g/mol. The third-order valence-electron chi connectivity index (χ3n) is 7.26. The molecule has 4 saturated carbocycles. The summed E-state index contributed by atoms with van der Waals surface area (Å²) < 4.78 is 0. The van der Waals surface area contributed by atoms with Crippen molar-refractivity contribution >= 4 is 11.8 Å². The highest BCUT2D eigenvalue weighted by atomic mass is 16.2. The van der Waals surface area contributed by atoms with Gasteiger partial charge in [-0.05, 0) is 74.2 Å². The third kappa shape index (κ3) is 4.20. The van der Waals surface area contributed by atoms with Gasteiger partial charge in [0.1, 0.15) is 0 Å². The van der Waals surface area contributed by atoms with Crippen LogP contribution in [0.25, 0.3) is 0 Å². The highest BCUT2D eigenvalue weighted by molar-refractivity contribution is 5.80. The molecule has 1 aromatic rings. The molecule has 4 heteroatoms. The molecule has 146 valence electrons. The summed E-state index contributed by atoms with van der Waals surface area (Å²) in [5.74, 6) is 2.73. The molecular formula is C23H32N2O2. The maximum Gasteiger partial charge on any atom is 0.224 e. The van der Waals surface area contributed by atoms with Crippen LogP contribution < -0.4 is 10.6 Å². The second kappa shape index (κ2) is 7.65. The SMILES string of the molecule is C[C@H](NC(=O)CCNC(=O)Cc1ccccc1)C12CC3CC(CC(C3)C1)C2. The van der Waals surface area contributed by atoms with Crippen LogP contribution in [-0.2, 0) is 16.0 Å². The highest BCUT2D eigenvalue weighted by Gasteiger charge is 2.53. The molecule has 5 rings (SSSR count). The quantitative estimate of drug-likeness (QED) is 0.774. The Kier molecular flexibility index (Phi) is 5.25. The predicted octanol–water partition coefficient (Wildman–Crippen LogP) is 3.46. The van der Waals surface area contributed by atoms with E-state index in [1.165, 1.54) is 38.5 Å². The van der Waals surface area contributed by atoms with Crippen LogP contribution in [0.3, 0.4) is 0 Å². The summed E-state index contributed by atoms with van der Waals surface area (Å²) in [4.78, 5) is 24.4. The summed E-state index contributed by atoms with van der Waals surface area (Å²) in [6, 6.07) is 9.94. The standard InChI is InChI=1S/C23H32N2O2/c1-16(23-13-18-9-19(14-23)11-20(10-18)15-23)25-21(26)7-8-24-22(27)12-17-5-3-2-4-6-17/h2-6,16,18-20H,7-15H2,1H3,(H,24,27)(H,25,26)/t16-,18?,19?,20?,23?/m0/s1. The summed E-state index contributed by atoms with van der Waals surface area (Å²) in [7, 11) is 0. The first-order valence-electron chi connectivity index (χ1n) is 10.6. The minimum Gasteiger partial charge on any atom is -0.355 e. The van der Waals surface area contributed by atoms with E-state index in [-0.39, 0.29) is 17.9 Å². The molecule has 4 fully saturated rings. The molecule has 0 aromatic heterocycles. The van der Waals surface area contributed by atoms with Crippen LogP contribution in [0, 0.1) is 23.2 Å². The van der Waals surface area contributed by atoms with Crippen LogP contribution in [0.15, 0.2) is 30.3 Å². The van der Waals surface area contributed by atoms with Gasteiger partial charge in [-0.25, -0.2) is 0 Å². The maximum absolute atomic E-state index is 12.4. The zero-order valence-electron chi connectivity index (χ0n) is 16.4. The molecule has 1 atom stereocenters. The topological polar surface area (TPSA) is 58.2 Å². The van der Waals surface area contributed by atoms with Gasteiger partial charge in [0.2, 0.25) is 11.8 Å². The minimum atomic E-state index is -0.0249. The lowest BCUT2D eigenvalue weighted by Gasteiger charge is -2.59. The molecule has 0 heterocycles. The number of carbonyl (C=O) groups excluding carboxylic acids is 2. The van der Waals surface area contributed by atoms with E-state index in [2.05, 4.69) is 17.6 Å². The van der Waals surface area contributed by atoms with E-state index in [1.807, 2.05) is 30.3 Å². The third-order valence-corrected chi connectivity index (χ3v) is 7.26. The molecule has 0 spiro atoms. The van der Waals surface area contributed by atoms with Crippen molar-refractivity contribution in [3.05, 3.63) is 35.9 Å². The predicted molar refractivity (Wildman–Crippen MR) is 106 cm³/mol. The van der Waals surface area contributed by atoms with Crippen molar-refractivity contribution in [1.82, 2.24) is 10.6 Å². The van der Waals surface area contributed by atoms with Crippen molar-refractivity contribution in [1.29, 1.82) is 0 Å². The fourth-order valence-electron chi connectivity index (χ4n) is 6.33. The lowest BCUT2D eigenvalue weighted by Crippen LogP contribution is -2.56. The Balaban J connectivity index is 1.21. The van der Waals surface area contributed by atoms with Gasteiger partial charge < -0.3 is 10.6 Å². The van der Waals surface area contributed by atoms with Crippen molar-refractivity contribution in [2.75, 3.05) is 6.54 Å². The van der Waals surface area contributed by atoms with E-state index in [1.54, 1.807) is 0 Å². The number of benzene rings is 1. The van der Waals surface area contributed by atoms with Crippen LogP contribution in [-0.4, -0.2) is 24.4 Å². The Morgan fingerprint density at radius 2 is 1.59 bits per heavy atom. The fraction of sp³-hybridized carbons (Fsp3) is 0.652. The van der Waals surface area contributed by atoms with Crippen molar-refractivity contribution in [3.8, 4) is 0 Å². The maximum atomic E-state index is 12.4. The first-order chi connectivity index (χ1) is 13.0. The number of hydrogen-bond acceptors (Lipinski definition) is 2. The Morgan fingerprint density at radius 3 is 2.19 bits per heavy atom. The molecule has 4 aliphatic carbocycles. The molecule has 27 heavy (non-hydrogen) atoms. The molecule has 4 aliphatic rings. The highest BCUT2D eigenvalue weighted by Crippen LogP contribution is 2.61. The summed E-state index contributed by atoms with van der Waals surface area (Å²) in [6.07, 6.45) is 8.90. The average Bonchev–Trinajstić information content (AvgIpc) is 2.61. The normalized spacial score (nSPS) is 32.1. The van der Waals surface area contributed by atoms with Crippen molar-refractivity contribution in [2.45, 2.75) is 64.3 Å². The van der Waals surface area contributed by atoms with Crippen LogP contribution in [0.5, 0.6) is 0 Å². The Hall–Kier alpha value is -1.84. The van der Waals surface area contributed by atoms with E-state index in [0.29, 0.717) is 24.8 Å². The van der Waals surface area contributed by atoms with E-state index < -0.39 is 0 Å². The smallest absolute Gasteiger partial charge is 0.224 e. The molecule has 4 nitrogen and oxygen atoms in total. The van der Waals surface area contributed by atoms with Crippen molar-refractivity contribution < 1.29 is 9.59 Å². The molecule has 0 radical (unpaired) electrons. The summed E-state index contributed by atoms with van der Waals surface area (Å²) in [6.45, 7) is 2.62. The largest absolute Gasteiger partial charge is 0.355 e. The zero-order chi connectivity index (χ0) is 18.9. The van der Waals surface area contributed by atoms with Gasteiger partial charge in [-0.15, -0.1) is 0 Å². The lowest BCUT2D eigenvalue weighted by atomic mass is 9.48. The van der Waals surface area contributed by atoms with Crippen LogP contribution in [0.4, 0.5) is 0 Å².